The second-order valence-electron chi connectivity index (χ2n) is 8.53. The zero-order valence-electron chi connectivity index (χ0n) is 19.5. The molecule has 1 aromatic rings. The Kier molecular flexibility index (Phi) is 10.1. The highest BCUT2D eigenvalue weighted by Gasteiger charge is 2.34. The molecule has 0 bridgehead atoms. The second kappa shape index (κ2) is 12.0. The van der Waals surface area contributed by atoms with Crippen molar-refractivity contribution in [1.29, 1.82) is 0 Å². The molecule has 7 nitrogen and oxygen atoms in total. The van der Waals surface area contributed by atoms with E-state index >= 15 is 0 Å². The van der Waals surface area contributed by atoms with Gasteiger partial charge >= 0.3 is 6.09 Å². The maximum Gasteiger partial charge on any atom is 0.408 e. The lowest BCUT2D eigenvalue weighted by Crippen LogP contribution is -2.50. The third kappa shape index (κ3) is 8.33. The maximum atomic E-state index is 13.2. The van der Waals surface area contributed by atoms with Crippen molar-refractivity contribution in [3.63, 3.8) is 0 Å². The predicted molar refractivity (Wildman–Crippen MR) is 121 cm³/mol. The molecule has 0 aliphatic heterocycles. The van der Waals surface area contributed by atoms with Crippen LogP contribution in [0.5, 0.6) is 0 Å². The number of carbonyl (C=O) groups excluding carboxylic acids is 3. The van der Waals surface area contributed by atoms with E-state index in [0.29, 0.717) is 17.7 Å². The van der Waals surface area contributed by atoms with Crippen molar-refractivity contribution in [3.05, 3.63) is 35.4 Å². The quantitative estimate of drug-likeness (QED) is 0.465. The molecule has 0 aliphatic carbocycles. The van der Waals surface area contributed by atoms with E-state index in [1.165, 1.54) is 4.90 Å². The van der Waals surface area contributed by atoms with Crippen LogP contribution in [0, 0.1) is 12.3 Å². The molecule has 3 amide bonds. The first-order valence-corrected chi connectivity index (χ1v) is 10.6. The van der Waals surface area contributed by atoms with Crippen LogP contribution in [-0.2, 0) is 14.3 Å². The fourth-order valence-electron chi connectivity index (χ4n) is 3.05. The van der Waals surface area contributed by atoms with Crippen LogP contribution in [0.2, 0.25) is 0 Å². The maximum absolute atomic E-state index is 13.2. The standard InChI is InChI=1S/C24H35N3O4/c1-8-10-15-25-22(29)21(19-14-12-11-13-18(19)9-2)27(17(3)4)20(28)16-26-23(30)31-24(5,6)7/h2,11-14,17,21H,8,10,15-16H2,1,3-7H3,(H,25,29)(H,26,30). The summed E-state index contributed by atoms with van der Waals surface area (Å²) in [6.07, 6.45) is 6.72. The number of amides is 3. The van der Waals surface area contributed by atoms with Crippen molar-refractivity contribution in [1.82, 2.24) is 15.5 Å². The highest BCUT2D eigenvalue weighted by Crippen LogP contribution is 2.26. The Morgan fingerprint density at radius 2 is 1.81 bits per heavy atom. The Morgan fingerprint density at radius 3 is 2.35 bits per heavy atom. The van der Waals surface area contributed by atoms with Gasteiger partial charge in [-0.3, -0.25) is 9.59 Å². The lowest BCUT2D eigenvalue weighted by atomic mass is 9.97. The average molecular weight is 430 g/mol. The average Bonchev–Trinajstić information content (AvgIpc) is 2.68. The lowest BCUT2D eigenvalue weighted by Gasteiger charge is -2.35. The fourth-order valence-corrected chi connectivity index (χ4v) is 3.05. The molecule has 0 aliphatic rings. The molecule has 31 heavy (non-hydrogen) atoms. The van der Waals surface area contributed by atoms with Crippen LogP contribution in [0.4, 0.5) is 4.79 Å². The first-order chi connectivity index (χ1) is 14.5. The Labute approximate surface area is 185 Å². The highest BCUT2D eigenvalue weighted by molar-refractivity contribution is 5.91. The van der Waals surface area contributed by atoms with Crippen molar-refractivity contribution in [2.24, 2.45) is 0 Å². The lowest BCUT2D eigenvalue weighted by molar-refractivity contribution is -0.142. The van der Waals surface area contributed by atoms with Gasteiger partial charge in [-0.25, -0.2) is 4.79 Å². The van der Waals surface area contributed by atoms with Crippen LogP contribution >= 0.6 is 0 Å². The first kappa shape index (κ1) is 26.0. The van der Waals surface area contributed by atoms with Crippen molar-refractivity contribution >= 4 is 17.9 Å². The summed E-state index contributed by atoms with van der Waals surface area (Å²) in [6.45, 7) is 11.1. The molecule has 170 valence electrons. The minimum absolute atomic E-state index is 0.302. The molecule has 0 heterocycles. The van der Waals surface area contributed by atoms with Crippen molar-refractivity contribution < 1.29 is 19.1 Å². The number of unbranched alkanes of at least 4 members (excludes halogenated alkanes) is 1. The molecule has 0 aromatic heterocycles. The number of carbonyl (C=O) groups is 3. The molecular formula is C24H35N3O4. The summed E-state index contributed by atoms with van der Waals surface area (Å²) in [6, 6.07) is 5.82. The van der Waals surface area contributed by atoms with Gasteiger partial charge in [-0.05, 0) is 52.7 Å². The summed E-state index contributed by atoms with van der Waals surface area (Å²) in [5.74, 6) is 1.88. The molecule has 1 atom stereocenters. The molecule has 0 spiro atoms. The number of hydrogen-bond donors (Lipinski definition) is 2. The summed E-state index contributed by atoms with van der Waals surface area (Å²) < 4.78 is 5.20. The van der Waals surface area contributed by atoms with Gasteiger partial charge in [0.05, 0.1) is 0 Å². The smallest absolute Gasteiger partial charge is 0.408 e. The summed E-state index contributed by atoms with van der Waals surface area (Å²) in [4.78, 5) is 39.8. The van der Waals surface area contributed by atoms with E-state index in [4.69, 9.17) is 11.2 Å². The zero-order valence-corrected chi connectivity index (χ0v) is 19.5. The minimum atomic E-state index is -0.919. The number of terminal acetylenes is 1. The SMILES string of the molecule is C#Cc1ccccc1C(C(=O)NCCCC)N(C(=O)CNC(=O)OC(C)(C)C)C(C)C. The van der Waals surface area contributed by atoms with Crippen LogP contribution < -0.4 is 10.6 Å². The normalized spacial score (nSPS) is 11.9. The third-order valence-electron chi connectivity index (χ3n) is 4.39. The zero-order chi connectivity index (χ0) is 23.6. The summed E-state index contributed by atoms with van der Waals surface area (Å²) in [5.41, 5.74) is 0.424. The topological polar surface area (TPSA) is 87.7 Å². The van der Waals surface area contributed by atoms with Crippen LogP contribution in [-0.4, -0.2) is 47.5 Å². The van der Waals surface area contributed by atoms with E-state index in [9.17, 15) is 14.4 Å². The van der Waals surface area contributed by atoms with Gasteiger partial charge < -0.3 is 20.3 Å². The van der Waals surface area contributed by atoms with E-state index in [1.54, 1.807) is 45.0 Å². The van der Waals surface area contributed by atoms with Crippen LogP contribution in [0.3, 0.4) is 0 Å². The molecule has 0 saturated carbocycles. The Morgan fingerprint density at radius 1 is 1.16 bits per heavy atom. The Balaban J connectivity index is 3.21. The van der Waals surface area contributed by atoms with Gasteiger partial charge in [0.2, 0.25) is 11.8 Å². The van der Waals surface area contributed by atoms with Crippen molar-refractivity contribution in [2.75, 3.05) is 13.1 Å². The highest BCUT2D eigenvalue weighted by atomic mass is 16.6. The van der Waals surface area contributed by atoms with Gasteiger partial charge in [-0.1, -0.05) is 37.5 Å². The van der Waals surface area contributed by atoms with E-state index in [2.05, 4.69) is 16.6 Å². The summed E-state index contributed by atoms with van der Waals surface area (Å²) >= 11 is 0. The number of alkyl carbamates (subject to hydrolysis) is 1. The van der Waals surface area contributed by atoms with E-state index in [-0.39, 0.29) is 18.5 Å². The molecule has 1 aromatic carbocycles. The fraction of sp³-hybridized carbons (Fsp3) is 0.542. The van der Waals surface area contributed by atoms with E-state index < -0.39 is 23.6 Å². The second-order valence-corrected chi connectivity index (χ2v) is 8.53. The first-order valence-electron chi connectivity index (χ1n) is 10.6. The third-order valence-corrected chi connectivity index (χ3v) is 4.39. The van der Waals surface area contributed by atoms with Gasteiger partial charge in [0.25, 0.3) is 0 Å². The molecule has 2 N–H and O–H groups in total. The monoisotopic (exact) mass is 429 g/mol. The summed E-state index contributed by atoms with van der Waals surface area (Å²) in [7, 11) is 0. The number of ether oxygens (including phenoxy) is 1. The molecule has 1 rings (SSSR count). The van der Waals surface area contributed by atoms with E-state index in [1.807, 2.05) is 20.8 Å². The van der Waals surface area contributed by atoms with Crippen molar-refractivity contribution in [3.8, 4) is 12.3 Å². The molecule has 1 unspecified atom stereocenters. The van der Waals surface area contributed by atoms with Gasteiger partial charge in [-0.2, -0.15) is 0 Å². The van der Waals surface area contributed by atoms with Gasteiger partial charge in [0, 0.05) is 18.2 Å². The largest absolute Gasteiger partial charge is 0.444 e. The summed E-state index contributed by atoms with van der Waals surface area (Å²) in [5, 5.41) is 5.38. The van der Waals surface area contributed by atoms with Gasteiger partial charge in [0.1, 0.15) is 18.2 Å². The number of benzene rings is 1. The van der Waals surface area contributed by atoms with Crippen LogP contribution in [0.15, 0.2) is 24.3 Å². The van der Waals surface area contributed by atoms with Gasteiger partial charge in [-0.15, -0.1) is 6.42 Å². The van der Waals surface area contributed by atoms with Crippen LogP contribution in [0.25, 0.3) is 0 Å². The Bertz CT molecular complexity index is 806. The molecule has 7 heteroatoms. The number of nitrogens with one attached hydrogen (secondary N) is 2. The Hall–Kier alpha value is -3.01. The molecule has 0 saturated heterocycles. The molecular weight excluding hydrogens is 394 g/mol. The van der Waals surface area contributed by atoms with Crippen molar-refractivity contribution in [2.45, 2.75) is 72.1 Å². The number of rotatable bonds is 9. The minimum Gasteiger partial charge on any atom is -0.444 e. The van der Waals surface area contributed by atoms with Gasteiger partial charge in [0.15, 0.2) is 0 Å². The van der Waals surface area contributed by atoms with E-state index in [0.717, 1.165) is 12.8 Å². The van der Waals surface area contributed by atoms with Crippen LogP contribution in [0.1, 0.15) is 71.6 Å². The molecule has 0 fully saturated rings. The predicted octanol–water partition coefficient (Wildman–Crippen LogP) is 3.39. The number of nitrogens with zero attached hydrogens (tertiary/aromatic N) is 1. The molecule has 0 radical (unpaired) electrons. The number of hydrogen-bond acceptors (Lipinski definition) is 4.